The summed E-state index contributed by atoms with van der Waals surface area (Å²) in [7, 11) is 5.36. The van der Waals surface area contributed by atoms with Gasteiger partial charge < -0.3 is 25.0 Å². The maximum absolute atomic E-state index is 12.5. The van der Waals surface area contributed by atoms with Gasteiger partial charge in [-0.05, 0) is 50.5 Å². The summed E-state index contributed by atoms with van der Waals surface area (Å²) in [6.07, 6.45) is 8.00. The van der Waals surface area contributed by atoms with E-state index >= 15 is 0 Å². The summed E-state index contributed by atoms with van der Waals surface area (Å²) in [5, 5.41) is 20.7. The SMILES string of the molecule is COc1cc2ncc(C#N)c(Nc3ccc(Oc4ccn5ncnc5c4)cc3)c2cc1NC(=O)/C=C/CN(C)C. The Bertz CT molecular complexity index is 1750. The number of anilines is 3. The first-order chi connectivity index (χ1) is 19.4. The lowest BCUT2D eigenvalue weighted by molar-refractivity contribution is -0.111. The number of nitriles is 1. The van der Waals surface area contributed by atoms with Crippen molar-refractivity contribution in [1.29, 1.82) is 5.26 Å². The Kier molecular flexibility index (Phi) is 7.52. The van der Waals surface area contributed by atoms with Gasteiger partial charge >= 0.3 is 0 Å². The molecule has 40 heavy (non-hydrogen) atoms. The largest absolute Gasteiger partial charge is 0.494 e. The number of amides is 1. The van der Waals surface area contributed by atoms with Crippen molar-refractivity contribution in [2.75, 3.05) is 38.4 Å². The normalized spacial score (nSPS) is 11.2. The van der Waals surface area contributed by atoms with Crippen LogP contribution in [0.15, 0.2) is 79.4 Å². The number of aromatic nitrogens is 4. The van der Waals surface area contributed by atoms with E-state index in [0.29, 0.717) is 57.3 Å². The van der Waals surface area contributed by atoms with Crippen molar-refractivity contribution < 1.29 is 14.3 Å². The first-order valence-electron chi connectivity index (χ1n) is 12.3. The summed E-state index contributed by atoms with van der Waals surface area (Å²) in [6, 6.07) is 16.6. The summed E-state index contributed by atoms with van der Waals surface area (Å²) < 4.78 is 13.1. The number of fused-ring (bicyclic) bond motifs is 2. The second-order valence-corrected chi connectivity index (χ2v) is 9.06. The van der Waals surface area contributed by atoms with E-state index in [1.165, 1.54) is 25.7 Å². The predicted octanol–water partition coefficient (Wildman–Crippen LogP) is 4.75. The lowest BCUT2D eigenvalue weighted by Crippen LogP contribution is -2.13. The van der Waals surface area contributed by atoms with Gasteiger partial charge in [-0.3, -0.25) is 9.78 Å². The average molecular weight is 535 g/mol. The van der Waals surface area contributed by atoms with E-state index < -0.39 is 0 Å². The third kappa shape index (κ3) is 5.82. The summed E-state index contributed by atoms with van der Waals surface area (Å²) >= 11 is 0. The fraction of sp³-hybridized carbons (Fsp3) is 0.138. The monoisotopic (exact) mass is 534 g/mol. The number of rotatable bonds is 9. The van der Waals surface area contributed by atoms with Crippen LogP contribution >= 0.6 is 0 Å². The van der Waals surface area contributed by atoms with Gasteiger partial charge in [0.2, 0.25) is 5.91 Å². The highest BCUT2D eigenvalue weighted by atomic mass is 16.5. The maximum Gasteiger partial charge on any atom is 0.248 e. The second kappa shape index (κ2) is 11.5. The van der Waals surface area contributed by atoms with Crippen LogP contribution < -0.4 is 20.1 Å². The number of nitrogens with zero attached hydrogens (tertiary/aromatic N) is 6. The lowest BCUT2D eigenvalue weighted by Gasteiger charge is -2.15. The van der Waals surface area contributed by atoms with Crippen LogP contribution in [0.5, 0.6) is 17.2 Å². The zero-order valence-corrected chi connectivity index (χ0v) is 22.1. The molecule has 11 heteroatoms. The topological polar surface area (TPSA) is 130 Å². The minimum Gasteiger partial charge on any atom is -0.494 e. The van der Waals surface area contributed by atoms with Crippen molar-refractivity contribution in [3.8, 4) is 23.3 Å². The Labute approximate surface area is 230 Å². The van der Waals surface area contributed by atoms with E-state index in [4.69, 9.17) is 9.47 Å². The van der Waals surface area contributed by atoms with Gasteiger partial charge in [0.05, 0.1) is 29.6 Å². The predicted molar refractivity (Wildman–Crippen MR) is 152 cm³/mol. The molecular weight excluding hydrogens is 508 g/mol. The average Bonchev–Trinajstić information content (AvgIpc) is 3.42. The van der Waals surface area contributed by atoms with Gasteiger partial charge in [-0.1, -0.05) is 6.08 Å². The smallest absolute Gasteiger partial charge is 0.248 e. The van der Waals surface area contributed by atoms with Gasteiger partial charge in [-0.25, -0.2) is 9.50 Å². The van der Waals surface area contributed by atoms with Gasteiger partial charge in [0, 0.05) is 48.2 Å². The first kappa shape index (κ1) is 26.1. The van der Waals surface area contributed by atoms with Crippen LogP contribution in [-0.4, -0.2) is 58.1 Å². The minimum absolute atomic E-state index is 0.294. The standard InChI is InChI=1S/C29H26N8O3/c1-36(2)11-4-5-28(38)35-25-14-23-24(15-26(25)39-3)31-17-19(16-30)29(23)34-20-6-8-21(9-7-20)40-22-10-12-37-27(13-22)32-18-33-37/h4-10,12-15,17-18H,11H2,1-3H3,(H,31,34)(H,35,38)/b5-4+. The van der Waals surface area contributed by atoms with Crippen LogP contribution in [0.1, 0.15) is 5.56 Å². The van der Waals surface area contributed by atoms with E-state index in [-0.39, 0.29) is 5.91 Å². The maximum atomic E-state index is 12.5. The number of hydrogen-bond donors (Lipinski definition) is 2. The van der Waals surface area contributed by atoms with Crippen LogP contribution in [0.3, 0.4) is 0 Å². The minimum atomic E-state index is -0.294. The number of carbonyl (C=O) groups excluding carboxylic acids is 1. The van der Waals surface area contributed by atoms with Crippen molar-refractivity contribution in [3.63, 3.8) is 0 Å². The van der Waals surface area contributed by atoms with Crippen molar-refractivity contribution >= 4 is 39.5 Å². The number of nitrogens with one attached hydrogen (secondary N) is 2. The molecule has 0 spiro atoms. The summed E-state index contributed by atoms with van der Waals surface area (Å²) in [6.45, 7) is 0.632. The zero-order chi connectivity index (χ0) is 28.1. The van der Waals surface area contributed by atoms with E-state index in [0.717, 1.165) is 5.69 Å². The number of hydrogen-bond acceptors (Lipinski definition) is 9. The van der Waals surface area contributed by atoms with Gasteiger partial charge in [-0.15, -0.1) is 0 Å². The molecule has 0 aliphatic heterocycles. The second-order valence-electron chi connectivity index (χ2n) is 9.06. The van der Waals surface area contributed by atoms with E-state index in [1.807, 2.05) is 43.3 Å². The van der Waals surface area contributed by atoms with Gasteiger partial charge in [0.25, 0.3) is 0 Å². The Morgan fingerprint density at radius 2 is 1.95 bits per heavy atom. The molecule has 3 heterocycles. The van der Waals surface area contributed by atoms with Crippen molar-refractivity contribution in [2.45, 2.75) is 0 Å². The van der Waals surface area contributed by atoms with Crippen molar-refractivity contribution in [1.82, 2.24) is 24.5 Å². The molecule has 5 aromatic rings. The lowest BCUT2D eigenvalue weighted by atomic mass is 10.1. The van der Waals surface area contributed by atoms with Crippen LogP contribution in [0.4, 0.5) is 17.1 Å². The quantitative estimate of drug-likeness (QED) is 0.257. The summed E-state index contributed by atoms with van der Waals surface area (Å²) in [5.41, 5.74) is 3.38. The van der Waals surface area contributed by atoms with Crippen molar-refractivity contribution in [3.05, 3.63) is 85.0 Å². The highest BCUT2D eigenvalue weighted by molar-refractivity contribution is 6.04. The van der Waals surface area contributed by atoms with E-state index in [9.17, 15) is 10.1 Å². The Morgan fingerprint density at radius 3 is 2.70 bits per heavy atom. The van der Waals surface area contributed by atoms with Gasteiger partial charge in [-0.2, -0.15) is 10.4 Å². The first-order valence-corrected chi connectivity index (χ1v) is 12.3. The molecule has 0 unspecified atom stereocenters. The molecule has 1 amide bonds. The fourth-order valence-electron chi connectivity index (χ4n) is 4.00. The molecule has 200 valence electrons. The molecule has 0 aliphatic carbocycles. The molecule has 11 nitrogen and oxygen atoms in total. The molecule has 5 rings (SSSR count). The highest BCUT2D eigenvalue weighted by Crippen LogP contribution is 2.36. The number of methoxy groups -OCH3 is 1. The summed E-state index contributed by atoms with van der Waals surface area (Å²) in [4.78, 5) is 23.1. The van der Waals surface area contributed by atoms with E-state index in [1.54, 1.807) is 41.1 Å². The molecule has 0 atom stereocenters. The van der Waals surface area contributed by atoms with Gasteiger partial charge in [0.15, 0.2) is 5.65 Å². The molecule has 2 N–H and O–H groups in total. The Hall–Kier alpha value is -5.47. The molecule has 0 aliphatic rings. The third-order valence-electron chi connectivity index (χ3n) is 5.92. The van der Waals surface area contributed by atoms with Crippen LogP contribution in [0, 0.1) is 11.3 Å². The Balaban J connectivity index is 1.41. The molecule has 0 bridgehead atoms. The molecule has 2 aromatic carbocycles. The number of benzene rings is 2. The number of pyridine rings is 2. The summed E-state index contributed by atoms with van der Waals surface area (Å²) in [5.74, 6) is 1.42. The van der Waals surface area contributed by atoms with E-state index in [2.05, 4.69) is 31.8 Å². The van der Waals surface area contributed by atoms with Crippen molar-refractivity contribution in [2.24, 2.45) is 0 Å². The van der Waals surface area contributed by atoms with Crippen LogP contribution in [0.2, 0.25) is 0 Å². The number of ether oxygens (including phenoxy) is 2. The fourth-order valence-corrected chi connectivity index (χ4v) is 4.00. The molecular formula is C29H26N8O3. The molecule has 0 radical (unpaired) electrons. The Morgan fingerprint density at radius 1 is 1.12 bits per heavy atom. The third-order valence-corrected chi connectivity index (χ3v) is 5.92. The highest BCUT2D eigenvalue weighted by Gasteiger charge is 2.15. The number of carbonyl (C=O) groups is 1. The molecule has 0 saturated heterocycles. The molecule has 3 aromatic heterocycles. The van der Waals surface area contributed by atoms with Crippen LogP contribution in [0.25, 0.3) is 16.6 Å². The van der Waals surface area contributed by atoms with Gasteiger partial charge in [0.1, 0.15) is 29.6 Å². The molecule has 0 saturated carbocycles. The van der Waals surface area contributed by atoms with Crippen LogP contribution in [-0.2, 0) is 4.79 Å². The zero-order valence-electron chi connectivity index (χ0n) is 22.1. The number of likely N-dealkylation sites (N-methyl/N-ethyl adjacent to an activating group) is 1. The molecule has 0 fully saturated rings.